The lowest BCUT2D eigenvalue weighted by atomic mass is 10.3. The van der Waals surface area contributed by atoms with Gasteiger partial charge in [0.1, 0.15) is 5.75 Å². The third-order valence-corrected chi connectivity index (χ3v) is 3.39. The minimum Gasteiger partial charge on any atom is -0.491 e. The summed E-state index contributed by atoms with van der Waals surface area (Å²) in [6.07, 6.45) is 0.844. The van der Waals surface area contributed by atoms with Gasteiger partial charge in [-0.15, -0.1) is 11.6 Å². The van der Waals surface area contributed by atoms with Gasteiger partial charge in [-0.25, -0.2) is 0 Å². The Hall–Kier alpha value is 0.750. The highest BCUT2D eigenvalue weighted by molar-refractivity contribution is 9.11. The summed E-state index contributed by atoms with van der Waals surface area (Å²) in [6, 6.07) is 3.89. The highest BCUT2D eigenvalue weighted by Crippen LogP contribution is 2.36. The molecule has 0 radical (unpaired) electrons. The van der Waals surface area contributed by atoms with Crippen molar-refractivity contribution in [3.63, 3.8) is 0 Å². The van der Waals surface area contributed by atoms with E-state index in [1.54, 1.807) is 0 Å². The van der Waals surface area contributed by atoms with E-state index in [0.29, 0.717) is 12.5 Å². The van der Waals surface area contributed by atoms with Crippen LogP contribution in [0.15, 0.2) is 25.6 Å². The van der Waals surface area contributed by atoms with Gasteiger partial charge in [-0.1, -0.05) is 15.9 Å². The maximum Gasteiger partial charge on any atom is 0.147 e. The van der Waals surface area contributed by atoms with E-state index in [0.717, 1.165) is 25.6 Å². The molecule has 0 N–H and O–H groups in total. The third-order valence-electron chi connectivity index (χ3n) is 1.49. The van der Waals surface area contributed by atoms with Gasteiger partial charge in [-0.3, -0.25) is 0 Å². The highest BCUT2D eigenvalue weighted by Gasteiger charge is 2.07. The molecule has 0 fully saturated rings. The fourth-order valence-electron chi connectivity index (χ4n) is 0.896. The lowest BCUT2D eigenvalue weighted by Gasteiger charge is -2.09. The van der Waals surface area contributed by atoms with Gasteiger partial charge in [-0.2, -0.15) is 0 Å². The van der Waals surface area contributed by atoms with E-state index in [9.17, 15) is 0 Å². The second-order valence-electron chi connectivity index (χ2n) is 2.59. The normalized spacial score (nSPS) is 10.3. The number of hydrogen-bond acceptors (Lipinski definition) is 1. The summed E-state index contributed by atoms with van der Waals surface area (Å²) in [5.74, 6) is 1.43. The van der Waals surface area contributed by atoms with E-state index >= 15 is 0 Å². The van der Waals surface area contributed by atoms with Crippen molar-refractivity contribution in [2.45, 2.75) is 6.42 Å². The van der Waals surface area contributed by atoms with Crippen molar-refractivity contribution in [2.24, 2.45) is 0 Å². The molecule has 0 saturated heterocycles. The van der Waals surface area contributed by atoms with Gasteiger partial charge in [0.2, 0.25) is 0 Å². The predicted octanol–water partition coefficient (Wildman–Crippen LogP) is 4.98. The molecule has 0 aliphatic rings. The molecule has 0 unspecified atom stereocenters. The lowest BCUT2D eigenvalue weighted by Crippen LogP contribution is -1.99. The third kappa shape index (κ3) is 3.72. The molecule has 0 amide bonds. The number of benzene rings is 1. The fraction of sp³-hybridized carbons (Fsp3) is 0.333. The summed E-state index contributed by atoms with van der Waals surface area (Å²) < 4.78 is 8.41. The van der Waals surface area contributed by atoms with E-state index in [2.05, 4.69) is 47.8 Å². The van der Waals surface area contributed by atoms with E-state index in [1.807, 2.05) is 12.1 Å². The van der Waals surface area contributed by atoms with Crippen LogP contribution in [0, 0.1) is 0 Å². The van der Waals surface area contributed by atoms with Gasteiger partial charge in [-0.05, 0) is 50.4 Å². The Morgan fingerprint density at radius 2 is 1.71 bits per heavy atom. The monoisotopic (exact) mass is 404 g/mol. The molecule has 0 saturated carbocycles. The van der Waals surface area contributed by atoms with Crippen LogP contribution in [0.5, 0.6) is 5.75 Å². The van der Waals surface area contributed by atoms with Crippen LogP contribution < -0.4 is 4.74 Å². The molecule has 1 aromatic carbocycles. The molecular weight excluding hydrogens is 399 g/mol. The summed E-state index contributed by atoms with van der Waals surface area (Å²) >= 11 is 15.8. The summed E-state index contributed by atoms with van der Waals surface area (Å²) in [6.45, 7) is 0.627. The van der Waals surface area contributed by atoms with E-state index < -0.39 is 0 Å². The van der Waals surface area contributed by atoms with E-state index in [1.165, 1.54) is 0 Å². The van der Waals surface area contributed by atoms with Crippen LogP contribution in [-0.2, 0) is 0 Å². The summed E-state index contributed by atoms with van der Waals surface area (Å²) in [5.41, 5.74) is 0. The van der Waals surface area contributed by atoms with Gasteiger partial charge in [0, 0.05) is 10.4 Å². The molecule has 78 valence electrons. The van der Waals surface area contributed by atoms with Crippen LogP contribution in [0.3, 0.4) is 0 Å². The van der Waals surface area contributed by atoms with Crippen molar-refractivity contribution < 1.29 is 4.74 Å². The molecule has 5 heteroatoms. The maximum atomic E-state index is 5.56. The fourth-order valence-corrected chi connectivity index (χ4v) is 3.49. The summed E-state index contributed by atoms with van der Waals surface area (Å²) in [7, 11) is 0. The van der Waals surface area contributed by atoms with Crippen LogP contribution in [0.4, 0.5) is 0 Å². The Balaban J connectivity index is 2.75. The topological polar surface area (TPSA) is 9.23 Å². The number of hydrogen-bond donors (Lipinski definition) is 0. The van der Waals surface area contributed by atoms with Crippen LogP contribution in [0.25, 0.3) is 0 Å². The van der Waals surface area contributed by atoms with Crippen molar-refractivity contribution in [1.29, 1.82) is 0 Å². The zero-order valence-corrected chi connectivity index (χ0v) is 12.7. The molecule has 0 heterocycles. The average molecular weight is 407 g/mol. The number of ether oxygens (including phenoxy) is 1. The first-order valence-electron chi connectivity index (χ1n) is 3.98. The van der Waals surface area contributed by atoms with Crippen molar-refractivity contribution in [3.05, 3.63) is 25.6 Å². The Morgan fingerprint density at radius 1 is 1.14 bits per heavy atom. The molecule has 0 aliphatic heterocycles. The zero-order chi connectivity index (χ0) is 10.6. The highest BCUT2D eigenvalue weighted by atomic mass is 79.9. The minimum absolute atomic E-state index is 0.617. The molecule has 1 rings (SSSR count). The summed E-state index contributed by atoms with van der Waals surface area (Å²) in [4.78, 5) is 0. The van der Waals surface area contributed by atoms with Crippen LogP contribution in [-0.4, -0.2) is 12.5 Å². The smallest absolute Gasteiger partial charge is 0.147 e. The van der Waals surface area contributed by atoms with Crippen molar-refractivity contribution in [2.75, 3.05) is 12.5 Å². The van der Waals surface area contributed by atoms with Crippen molar-refractivity contribution >= 4 is 59.4 Å². The maximum absolute atomic E-state index is 5.56. The van der Waals surface area contributed by atoms with Crippen LogP contribution in [0.2, 0.25) is 0 Å². The quantitative estimate of drug-likeness (QED) is 0.505. The van der Waals surface area contributed by atoms with Gasteiger partial charge in [0.25, 0.3) is 0 Å². The molecule has 14 heavy (non-hydrogen) atoms. The Morgan fingerprint density at radius 3 is 2.21 bits per heavy atom. The van der Waals surface area contributed by atoms with E-state index in [-0.39, 0.29) is 0 Å². The molecular formula is C9H8Br3ClO. The molecule has 0 aliphatic carbocycles. The second kappa shape index (κ2) is 6.36. The van der Waals surface area contributed by atoms with Crippen LogP contribution >= 0.6 is 59.4 Å². The zero-order valence-electron chi connectivity index (χ0n) is 7.20. The molecule has 1 aromatic rings. The van der Waals surface area contributed by atoms with Gasteiger partial charge in [0.15, 0.2) is 0 Å². The van der Waals surface area contributed by atoms with Crippen LogP contribution in [0.1, 0.15) is 6.42 Å². The largest absolute Gasteiger partial charge is 0.491 e. The first-order valence-corrected chi connectivity index (χ1v) is 6.90. The molecule has 0 bridgehead atoms. The SMILES string of the molecule is ClCCCOc1c(Br)cc(Br)cc1Br. The number of alkyl halides is 1. The Labute approximate surface area is 114 Å². The molecule has 0 spiro atoms. The van der Waals surface area contributed by atoms with Crippen molar-refractivity contribution in [3.8, 4) is 5.75 Å². The Kier molecular flexibility index (Phi) is 5.82. The van der Waals surface area contributed by atoms with Crippen molar-refractivity contribution in [1.82, 2.24) is 0 Å². The number of halogens is 4. The molecule has 0 atom stereocenters. The number of rotatable bonds is 4. The Bertz CT molecular complexity index is 294. The first kappa shape index (κ1) is 12.8. The average Bonchev–Trinajstić information content (AvgIpc) is 2.09. The molecule has 1 nitrogen and oxygen atoms in total. The first-order chi connectivity index (χ1) is 6.65. The standard InChI is InChI=1S/C9H8Br3ClO/c10-6-4-7(11)9(8(12)5-6)14-3-1-2-13/h4-5H,1-3H2. The summed E-state index contributed by atoms with van der Waals surface area (Å²) in [5, 5.41) is 0. The molecule has 0 aromatic heterocycles. The van der Waals surface area contributed by atoms with Gasteiger partial charge >= 0.3 is 0 Å². The predicted molar refractivity (Wildman–Crippen MR) is 70.4 cm³/mol. The minimum atomic E-state index is 0.617. The van der Waals surface area contributed by atoms with Gasteiger partial charge in [0.05, 0.1) is 15.6 Å². The lowest BCUT2D eigenvalue weighted by molar-refractivity contribution is 0.314. The van der Waals surface area contributed by atoms with Gasteiger partial charge < -0.3 is 4.74 Å². The van der Waals surface area contributed by atoms with E-state index in [4.69, 9.17) is 16.3 Å². The second-order valence-corrected chi connectivity index (χ2v) is 5.59.